The van der Waals surface area contributed by atoms with Crippen LogP contribution >= 0.6 is 0 Å². The fourth-order valence-electron chi connectivity index (χ4n) is 4.18. The normalized spacial score (nSPS) is 14.5. The summed E-state index contributed by atoms with van der Waals surface area (Å²) in [6.45, 7) is 6.39. The molecule has 1 heterocycles. The van der Waals surface area contributed by atoms with E-state index in [0.29, 0.717) is 49.9 Å². The van der Waals surface area contributed by atoms with Crippen molar-refractivity contribution in [3.8, 4) is 28.6 Å². The van der Waals surface area contributed by atoms with E-state index in [9.17, 15) is 5.11 Å². The van der Waals surface area contributed by atoms with E-state index in [0.717, 1.165) is 35.4 Å². The summed E-state index contributed by atoms with van der Waals surface area (Å²) >= 11 is 0. The average molecular weight is 480 g/mol. The van der Waals surface area contributed by atoms with Crippen LogP contribution in [0.25, 0.3) is 11.3 Å². The number of aliphatic hydroxyl groups is 1. The number of benzene rings is 2. The van der Waals surface area contributed by atoms with E-state index in [1.165, 1.54) is 0 Å². The molecule has 0 saturated heterocycles. The fourth-order valence-corrected chi connectivity index (χ4v) is 4.18. The lowest BCUT2D eigenvalue weighted by Crippen LogP contribution is -2.36. The Morgan fingerprint density at radius 2 is 1.80 bits per heavy atom. The number of aryl methyl sites for hydroxylation is 1. The van der Waals surface area contributed by atoms with Crippen LogP contribution in [0.3, 0.4) is 0 Å². The molecule has 3 aromatic rings. The molecule has 1 fully saturated rings. The molecule has 0 aliphatic heterocycles. The van der Waals surface area contributed by atoms with Crippen LogP contribution in [0.4, 0.5) is 0 Å². The Balaban J connectivity index is 1.61. The second-order valence-corrected chi connectivity index (χ2v) is 9.65. The monoisotopic (exact) mass is 479 g/mol. The van der Waals surface area contributed by atoms with Crippen molar-refractivity contribution in [1.82, 2.24) is 14.7 Å². The molecule has 1 saturated carbocycles. The summed E-state index contributed by atoms with van der Waals surface area (Å²) in [7, 11) is 3.55. The summed E-state index contributed by atoms with van der Waals surface area (Å²) in [5.41, 5.74) is 2.93. The summed E-state index contributed by atoms with van der Waals surface area (Å²) in [5.74, 6) is 2.56. The quantitative estimate of drug-likeness (QED) is 0.377. The van der Waals surface area contributed by atoms with Crippen molar-refractivity contribution in [3.63, 3.8) is 0 Å². The highest BCUT2D eigenvalue weighted by atomic mass is 16.5. The lowest BCUT2D eigenvalue weighted by molar-refractivity contribution is 0.00541. The van der Waals surface area contributed by atoms with E-state index in [-0.39, 0.29) is 0 Å². The zero-order valence-corrected chi connectivity index (χ0v) is 21.2. The van der Waals surface area contributed by atoms with Crippen molar-refractivity contribution in [1.29, 1.82) is 0 Å². The Kier molecular flexibility index (Phi) is 8.44. The first kappa shape index (κ1) is 25.2. The van der Waals surface area contributed by atoms with Crippen LogP contribution in [0.15, 0.2) is 54.6 Å². The second kappa shape index (κ2) is 11.7. The number of aliphatic hydroxyl groups excluding tert-OH is 1. The molecule has 0 unspecified atom stereocenters. The smallest absolute Gasteiger partial charge is 0.222 e. The van der Waals surface area contributed by atoms with E-state index in [1.54, 1.807) is 11.8 Å². The van der Waals surface area contributed by atoms with E-state index < -0.39 is 6.10 Å². The number of ether oxygens (including phenoxy) is 3. The minimum absolute atomic E-state index is 0.340. The van der Waals surface area contributed by atoms with Crippen LogP contribution in [-0.4, -0.2) is 58.8 Å². The second-order valence-electron chi connectivity index (χ2n) is 9.65. The molecule has 4 rings (SSSR count). The molecule has 1 aliphatic rings. The van der Waals surface area contributed by atoms with E-state index in [2.05, 4.69) is 30.9 Å². The van der Waals surface area contributed by atoms with Gasteiger partial charge in [-0.05, 0) is 30.9 Å². The van der Waals surface area contributed by atoms with E-state index in [1.807, 2.05) is 49.5 Å². The molecule has 1 aromatic heterocycles. The standard InChI is InChI=1S/C28H37N3O4/c1-20(2)18-34-19-23(32)16-31(22-13-14-22)17-26-27(21-9-6-5-7-10-21)29-30(3)28(26)35-25-12-8-11-24(15-25)33-4/h5-12,15,20,22-23,32H,13-14,16-19H2,1-4H3/t23-/m0/s1. The Labute approximate surface area is 208 Å². The fraction of sp³-hybridized carbons (Fsp3) is 0.464. The van der Waals surface area contributed by atoms with Gasteiger partial charge in [0.1, 0.15) is 17.2 Å². The zero-order valence-electron chi connectivity index (χ0n) is 21.2. The number of hydrogen-bond donors (Lipinski definition) is 1. The van der Waals surface area contributed by atoms with Crippen molar-refractivity contribution in [2.45, 2.75) is 45.4 Å². The van der Waals surface area contributed by atoms with Gasteiger partial charge in [0.15, 0.2) is 0 Å². The minimum Gasteiger partial charge on any atom is -0.497 e. The minimum atomic E-state index is -0.547. The number of aromatic nitrogens is 2. The van der Waals surface area contributed by atoms with E-state index in [4.69, 9.17) is 19.3 Å². The van der Waals surface area contributed by atoms with Gasteiger partial charge in [0.05, 0.1) is 25.4 Å². The Bertz CT molecular complexity index is 1080. The zero-order chi connectivity index (χ0) is 24.8. The maximum atomic E-state index is 10.7. The molecular weight excluding hydrogens is 442 g/mol. The first-order valence-electron chi connectivity index (χ1n) is 12.4. The summed E-state index contributed by atoms with van der Waals surface area (Å²) in [6.07, 6.45) is 1.72. The molecule has 1 N–H and O–H groups in total. The third kappa shape index (κ3) is 6.84. The predicted octanol–water partition coefficient (Wildman–Crippen LogP) is 4.89. The highest BCUT2D eigenvalue weighted by Crippen LogP contribution is 2.37. The van der Waals surface area contributed by atoms with Gasteiger partial charge in [0.25, 0.3) is 0 Å². The van der Waals surface area contributed by atoms with Gasteiger partial charge in [-0.25, -0.2) is 4.68 Å². The summed E-state index contributed by atoms with van der Waals surface area (Å²) in [4.78, 5) is 2.34. The third-order valence-electron chi connectivity index (χ3n) is 6.02. The Hall–Kier alpha value is -2.87. The first-order chi connectivity index (χ1) is 16.9. The Morgan fingerprint density at radius 3 is 2.49 bits per heavy atom. The molecule has 1 aliphatic carbocycles. The van der Waals surface area contributed by atoms with E-state index >= 15 is 0 Å². The van der Waals surface area contributed by atoms with Crippen molar-refractivity contribution in [2.75, 3.05) is 26.9 Å². The van der Waals surface area contributed by atoms with Gasteiger partial charge in [0.2, 0.25) is 5.88 Å². The van der Waals surface area contributed by atoms with Crippen molar-refractivity contribution >= 4 is 0 Å². The van der Waals surface area contributed by atoms with Gasteiger partial charge >= 0.3 is 0 Å². The molecule has 0 amide bonds. The third-order valence-corrected chi connectivity index (χ3v) is 6.02. The van der Waals surface area contributed by atoms with Crippen LogP contribution in [0.2, 0.25) is 0 Å². The average Bonchev–Trinajstić information content (AvgIpc) is 3.65. The summed E-state index contributed by atoms with van der Waals surface area (Å²) < 4.78 is 19.3. The maximum Gasteiger partial charge on any atom is 0.222 e. The summed E-state index contributed by atoms with van der Waals surface area (Å²) in [6, 6.07) is 18.2. The molecule has 0 radical (unpaired) electrons. The van der Waals surface area contributed by atoms with Crippen LogP contribution < -0.4 is 9.47 Å². The van der Waals surface area contributed by atoms with Crippen molar-refractivity contribution in [3.05, 3.63) is 60.2 Å². The lowest BCUT2D eigenvalue weighted by Gasteiger charge is -2.25. The molecule has 35 heavy (non-hydrogen) atoms. The Morgan fingerprint density at radius 1 is 1.06 bits per heavy atom. The predicted molar refractivity (Wildman–Crippen MR) is 137 cm³/mol. The highest BCUT2D eigenvalue weighted by molar-refractivity contribution is 5.65. The van der Waals surface area contributed by atoms with Crippen molar-refractivity contribution in [2.24, 2.45) is 13.0 Å². The number of rotatable bonds is 13. The summed E-state index contributed by atoms with van der Waals surface area (Å²) in [5, 5.41) is 15.6. The SMILES string of the molecule is COc1cccc(Oc2c(CN(C[C@H](O)COCC(C)C)C3CC3)c(-c3ccccc3)nn2C)c1. The molecule has 7 heteroatoms. The molecule has 188 valence electrons. The first-order valence-corrected chi connectivity index (χ1v) is 12.4. The lowest BCUT2D eigenvalue weighted by atomic mass is 10.1. The topological polar surface area (TPSA) is 69.0 Å². The molecule has 1 atom stereocenters. The van der Waals surface area contributed by atoms with Crippen LogP contribution in [0.1, 0.15) is 32.3 Å². The molecule has 0 spiro atoms. The van der Waals surface area contributed by atoms with Gasteiger partial charge in [-0.15, -0.1) is 0 Å². The van der Waals surface area contributed by atoms with Gasteiger partial charge in [0, 0.05) is 44.4 Å². The van der Waals surface area contributed by atoms with Crippen LogP contribution in [0.5, 0.6) is 17.4 Å². The molecule has 2 aromatic carbocycles. The highest BCUT2D eigenvalue weighted by Gasteiger charge is 2.33. The maximum absolute atomic E-state index is 10.7. The van der Waals surface area contributed by atoms with Crippen molar-refractivity contribution < 1.29 is 19.3 Å². The van der Waals surface area contributed by atoms with Crippen LogP contribution in [-0.2, 0) is 18.3 Å². The number of hydrogen-bond acceptors (Lipinski definition) is 6. The van der Waals surface area contributed by atoms with Gasteiger partial charge in [-0.3, -0.25) is 4.90 Å². The number of methoxy groups -OCH3 is 1. The van der Waals surface area contributed by atoms with Crippen LogP contribution in [0, 0.1) is 5.92 Å². The number of nitrogens with zero attached hydrogens (tertiary/aromatic N) is 3. The van der Waals surface area contributed by atoms with Gasteiger partial charge in [-0.2, -0.15) is 5.10 Å². The van der Waals surface area contributed by atoms with Gasteiger partial charge in [-0.1, -0.05) is 50.2 Å². The molecular formula is C28H37N3O4. The molecule has 0 bridgehead atoms. The molecule has 7 nitrogen and oxygen atoms in total. The largest absolute Gasteiger partial charge is 0.497 e. The van der Waals surface area contributed by atoms with Gasteiger partial charge < -0.3 is 19.3 Å².